The standard InChI is InChI=1S/C15H20N2O3S/c1-9-7-17(8-10(2)20-9)15(19)12-5-6-13(21-12)16-14(18)11-3-4-11/h5-6,9-11H,3-4,7-8H2,1-2H3,(H,16,18)/t9-,10-/m1/s1. The van der Waals surface area contributed by atoms with Crippen molar-refractivity contribution >= 4 is 28.2 Å². The molecule has 0 bridgehead atoms. The van der Waals surface area contributed by atoms with Crippen molar-refractivity contribution < 1.29 is 14.3 Å². The van der Waals surface area contributed by atoms with Gasteiger partial charge >= 0.3 is 0 Å². The number of hydrogen-bond acceptors (Lipinski definition) is 4. The van der Waals surface area contributed by atoms with Gasteiger partial charge in [-0.05, 0) is 38.8 Å². The zero-order valence-corrected chi connectivity index (χ0v) is 13.1. The second kappa shape index (κ2) is 5.77. The number of ether oxygens (including phenoxy) is 1. The molecule has 1 aliphatic carbocycles. The highest BCUT2D eigenvalue weighted by atomic mass is 32.1. The van der Waals surface area contributed by atoms with Crippen molar-refractivity contribution in [2.24, 2.45) is 5.92 Å². The van der Waals surface area contributed by atoms with Crippen LogP contribution in [0.4, 0.5) is 5.00 Å². The molecule has 2 heterocycles. The molecule has 3 rings (SSSR count). The first-order valence-corrected chi connectivity index (χ1v) is 8.20. The molecule has 21 heavy (non-hydrogen) atoms. The lowest BCUT2D eigenvalue weighted by molar-refractivity contribution is -0.117. The number of rotatable bonds is 3. The molecular formula is C15H20N2O3S. The van der Waals surface area contributed by atoms with Gasteiger partial charge in [0.1, 0.15) is 0 Å². The van der Waals surface area contributed by atoms with E-state index in [0.29, 0.717) is 18.0 Å². The van der Waals surface area contributed by atoms with Crippen LogP contribution in [0.15, 0.2) is 12.1 Å². The fourth-order valence-electron chi connectivity index (χ4n) is 2.59. The Labute approximate surface area is 128 Å². The average molecular weight is 308 g/mol. The van der Waals surface area contributed by atoms with Gasteiger partial charge in [-0.15, -0.1) is 11.3 Å². The highest BCUT2D eigenvalue weighted by molar-refractivity contribution is 7.18. The summed E-state index contributed by atoms with van der Waals surface area (Å²) < 4.78 is 5.65. The summed E-state index contributed by atoms with van der Waals surface area (Å²) in [5, 5.41) is 3.64. The van der Waals surface area contributed by atoms with Crippen LogP contribution in [-0.4, -0.2) is 42.0 Å². The Bertz CT molecular complexity index is 543. The summed E-state index contributed by atoms with van der Waals surface area (Å²) in [6, 6.07) is 3.60. The maximum Gasteiger partial charge on any atom is 0.264 e. The van der Waals surface area contributed by atoms with Gasteiger partial charge in [0, 0.05) is 19.0 Å². The molecule has 114 valence electrons. The molecule has 6 heteroatoms. The molecule has 1 aromatic heterocycles. The van der Waals surface area contributed by atoms with Crippen LogP contribution in [0, 0.1) is 5.92 Å². The Morgan fingerprint density at radius 3 is 2.52 bits per heavy atom. The van der Waals surface area contributed by atoms with Crippen molar-refractivity contribution in [3.63, 3.8) is 0 Å². The average Bonchev–Trinajstić information content (AvgIpc) is 3.18. The SMILES string of the molecule is C[C@@H]1CN(C(=O)c2ccc(NC(=O)C3CC3)s2)C[C@@H](C)O1. The van der Waals surface area contributed by atoms with E-state index in [4.69, 9.17) is 4.74 Å². The summed E-state index contributed by atoms with van der Waals surface area (Å²) in [4.78, 5) is 26.7. The van der Waals surface area contributed by atoms with E-state index in [-0.39, 0.29) is 29.9 Å². The highest BCUT2D eigenvalue weighted by Crippen LogP contribution is 2.32. The largest absolute Gasteiger partial charge is 0.372 e. The molecular weight excluding hydrogens is 288 g/mol. The molecule has 0 unspecified atom stereocenters. The van der Waals surface area contributed by atoms with Gasteiger partial charge in [0.2, 0.25) is 5.91 Å². The minimum Gasteiger partial charge on any atom is -0.372 e. The van der Waals surface area contributed by atoms with Crippen LogP contribution in [0.1, 0.15) is 36.4 Å². The lowest BCUT2D eigenvalue weighted by Crippen LogP contribution is -2.48. The highest BCUT2D eigenvalue weighted by Gasteiger charge is 2.30. The summed E-state index contributed by atoms with van der Waals surface area (Å²) in [5.74, 6) is 0.269. The molecule has 0 aromatic carbocycles. The predicted molar refractivity (Wildman–Crippen MR) is 81.6 cm³/mol. The quantitative estimate of drug-likeness (QED) is 0.932. The molecule has 2 atom stereocenters. The second-order valence-corrected chi connectivity index (χ2v) is 6.98. The van der Waals surface area contributed by atoms with Crippen LogP contribution in [0.5, 0.6) is 0 Å². The zero-order valence-electron chi connectivity index (χ0n) is 12.3. The molecule has 0 radical (unpaired) electrons. The molecule has 1 saturated heterocycles. The number of nitrogens with one attached hydrogen (secondary N) is 1. The third-order valence-electron chi connectivity index (χ3n) is 3.72. The number of thiophene rings is 1. The number of carbonyl (C=O) groups is 2. The Morgan fingerprint density at radius 2 is 1.90 bits per heavy atom. The van der Waals surface area contributed by atoms with Crippen LogP contribution in [-0.2, 0) is 9.53 Å². The molecule has 1 saturated carbocycles. The number of nitrogens with zero attached hydrogens (tertiary/aromatic N) is 1. The fourth-order valence-corrected chi connectivity index (χ4v) is 3.47. The van der Waals surface area contributed by atoms with E-state index in [9.17, 15) is 9.59 Å². The van der Waals surface area contributed by atoms with Gasteiger partial charge in [-0.3, -0.25) is 9.59 Å². The van der Waals surface area contributed by atoms with E-state index < -0.39 is 0 Å². The van der Waals surface area contributed by atoms with E-state index in [1.807, 2.05) is 24.8 Å². The summed E-state index contributed by atoms with van der Waals surface area (Å²) in [6.45, 7) is 5.19. The van der Waals surface area contributed by atoms with Crippen molar-refractivity contribution in [2.75, 3.05) is 18.4 Å². The van der Waals surface area contributed by atoms with Gasteiger partial charge in [0.05, 0.1) is 22.1 Å². The van der Waals surface area contributed by atoms with Crippen molar-refractivity contribution in [1.29, 1.82) is 0 Å². The van der Waals surface area contributed by atoms with Crippen LogP contribution in [0.2, 0.25) is 0 Å². The maximum atomic E-state index is 12.5. The van der Waals surface area contributed by atoms with Crippen molar-refractivity contribution in [2.45, 2.75) is 38.9 Å². The maximum absolute atomic E-state index is 12.5. The van der Waals surface area contributed by atoms with Crippen LogP contribution < -0.4 is 5.32 Å². The van der Waals surface area contributed by atoms with E-state index in [1.54, 1.807) is 6.07 Å². The van der Waals surface area contributed by atoms with E-state index in [2.05, 4.69) is 5.32 Å². The minimum absolute atomic E-state index is 0.0221. The van der Waals surface area contributed by atoms with Crippen molar-refractivity contribution in [3.8, 4) is 0 Å². The molecule has 5 nitrogen and oxygen atoms in total. The molecule has 2 amide bonds. The van der Waals surface area contributed by atoms with Crippen LogP contribution in [0.3, 0.4) is 0 Å². The summed E-state index contributed by atoms with van der Waals surface area (Å²) in [7, 11) is 0. The number of morpholine rings is 1. The van der Waals surface area contributed by atoms with E-state index in [0.717, 1.165) is 17.8 Å². The summed E-state index contributed by atoms with van der Waals surface area (Å²) in [5.41, 5.74) is 0. The lowest BCUT2D eigenvalue weighted by atomic mass is 10.2. The number of anilines is 1. The van der Waals surface area contributed by atoms with Crippen molar-refractivity contribution in [1.82, 2.24) is 4.90 Å². The Balaban J connectivity index is 1.64. The first-order valence-electron chi connectivity index (χ1n) is 7.38. The van der Waals surface area contributed by atoms with Gasteiger partial charge in [0.15, 0.2) is 0 Å². The first kappa shape index (κ1) is 14.5. The van der Waals surface area contributed by atoms with Gasteiger partial charge < -0.3 is 15.0 Å². The second-order valence-electron chi connectivity index (χ2n) is 5.89. The van der Waals surface area contributed by atoms with Crippen molar-refractivity contribution in [3.05, 3.63) is 17.0 Å². The molecule has 2 fully saturated rings. The van der Waals surface area contributed by atoms with Gasteiger partial charge in [0.25, 0.3) is 5.91 Å². The Morgan fingerprint density at radius 1 is 1.24 bits per heavy atom. The fraction of sp³-hybridized carbons (Fsp3) is 0.600. The summed E-state index contributed by atoms with van der Waals surface area (Å²) >= 11 is 1.35. The normalized spacial score (nSPS) is 25.7. The van der Waals surface area contributed by atoms with Gasteiger partial charge in [-0.2, -0.15) is 0 Å². The monoisotopic (exact) mass is 308 g/mol. The third-order valence-corrected chi connectivity index (χ3v) is 4.71. The molecule has 1 aliphatic heterocycles. The Hall–Kier alpha value is -1.40. The molecule has 1 N–H and O–H groups in total. The molecule has 2 aliphatic rings. The number of hydrogen-bond donors (Lipinski definition) is 1. The summed E-state index contributed by atoms with van der Waals surface area (Å²) in [6.07, 6.45) is 2.08. The molecule has 1 aromatic rings. The third kappa shape index (κ3) is 3.44. The van der Waals surface area contributed by atoms with Crippen LogP contribution in [0.25, 0.3) is 0 Å². The number of amides is 2. The topological polar surface area (TPSA) is 58.6 Å². The predicted octanol–water partition coefficient (Wildman–Crippen LogP) is 2.35. The lowest BCUT2D eigenvalue weighted by Gasteiger charge is -2.35. The Kier molecular flexibility index (Phi) is 3.99. The van der Waals surface area contributed by atoms with Gasteiger partial charge in [-0.1, -0.05) is 0 Å². The van der Waals surface area contributed by atoms with Gasteiger partial charge in [-0.25, -0.2) is 0 Å². The van der Waals surface area contributed by atoms with E-state index >= 15 is 0 Å². The van der Waals surface area contributed by atoms with Crippen LogP contribution >= 0.6 is 11.3 Å². The number of carbonyl (C=O) groups excluding carboxylic acids is 2. The van der Waals surface area contributed by atoms with E-state index in [1.165, 1.54) is 11.3 Å². The molecule has 0 spiro atoms. The minimum atomic E-state index is 0.0221. The zero-order chi connectivity index (χ0) is 15.0. The first-order chi connectivity index (χ1) is 10.0. The smallest absolute Gasteiger partial charge is 0.264 e.